The van der Waals surface area contributed by atoms with Crippen molar-refractivity contribution in [3.05, 3.63) is 94.1 Å². The monoisotopic (exact) mass is 527 g/mol. The van der Waals surface area contributed by atoms with Crippen LogP contribution in [0.1, 0.15) is 60.0 Å². The van der Waals surface area contributed by atoms with Gasteiger partial charge in [0.05, 0.1) is 37.2 Å². The average molecular weight is 528 g/mol. The first-order chi connectivity index (χ1) is 18.7. The molecule has 2 amide bonds. The second kappa shape index (κ2) is 10.6. The number of carbonyl (C=O) groups is 1. The molecule has 1 atom stereocenters. The number of rotatable bonds is 6. The van der Waals surface area contributed by atoms with Crippen molar-refractivity contribution in [2.45, 2.75) is 52.1 Å². The van der Waals surface area contributed by atoms with Crippen LogP contribution >= 0.6 is 11.3 Å². The van der Waals surface area contributed by atoms with E-state index in [-0.39, 0.29) is 12.1 Å². The van der Waals surface area contributed by atoms with Crippen molar-refractivity contribution in [3.8, 4) is 16.5 Å². The summed E-state index contributed by atoms with van der Waals surface area (Å²) in [5.41, 5.74) is 5.53. The van der Waals surface area contributed by atoms with Gasteiger partial charge in [-0.1, -0.05) is 24.3 Å². The molecule has 1 aliphatic carbocycles. The van der Waals surface area contributed by atoms with Gasteiger partial charge in [0.2, 0.25) is 0 Å². The van der Waals surface area contributed by atoms with Crippen LogP contribution in [0.2, 0.25) is 0 Å². The van der Waals surface area contributed by atoms with Crippen LogP contribution in [-0.2, 0) is 19.4 Å². The van der Waals surface area contributed by atoms with Gasteiger partial charge in [-0.15, -0.1) is 11.3 Å². The topological polar surface area (TPSA) is 55.7 Å². The zero-order chi connectivity index (χ0) is 26.1. The summed E-state index contributed by atoms with van der Waals surface area (Å²) in [6.07, 6.45) is 6.78. The molecule has 7 heteroatoms. The van der Waals surface area contributed by atoms with Crippen LogP contribution in [0, 0.1) is 0 Å². The number of aromatic nitrogens is 1. The number of thiophene rings is 1. The van der Waals surface area contributed by atoms with Crippen LogP contribution in [0.3, 0.4) is 0 Å². The maximum atomic E-state index is 14.2. The molecule has 0 unspecified atom stereocenters. The molecular formula is C31H33N3O3S. The molecule has 1 aliphatic heterocycles. The third-order valence-electron chi connectivity index (χ3n) is 7.38. The first kappa shape index (κ1) is 24.6. The second-order valence-corrected chi connectivity index (χ2v) is 10.8. The predicted molar refractivity (Wildman–Crippen MR) is 152 cm³/mol. The van der Waals surface area contributed by atoms with Gasteiger partial charge < -0.3 is 24.3 Å². The Kier molecular flexibility index (Phi) is 6.85. The summed E-state index contributed by atoms with van der Waals surface area (Å²) < 4.78 is 13.8. The first-order valence-corrected chi connectivity index (χ1v) is 14.3. The van der Waals surface area contributed by atoms with Crippen molar-refractivity contribution in [3.63, 3.8) is 0 Å². The molecular weight excluding hydrogens is 494 g/mol. The molecule has 2 aromatic carbocycles. The summed E-state index contributed by atoms with van der Waals surface area (Å²) in [4.78, 5) is 17.6. The van der Waals surface area contributed by atoms with E-state index >= 15 is 0 Å². The first-order valence-electron chi connectivity index (χ1n) is 13.5. The van der Waals surface area contributed by atoms with Gasteiger partial charge in [-0.3, -0.25) is 0 Å². The van der Waals surface area contributed by atoms with E-state index < -0.39 is 0 Å². The predicted octanol–water partition coefficient (Wildman–Crippen LogP) is 7.35. The van der Waals surface area contributed by atoms with Gasteiger partial charge in [-0.2, -0.15) is 0 Å². The fourth-order valence-electron chi connectivity index (χ4n) is 5.69. The number of aryl methyl sites for hydroxylation is 1. The molecule has 0 bridgehead atoms. The van der Waals surface area contributed by atoms with Crippen LogP contribution in [0.15, 0.2) is 66.9 Å². The molecule has 6 nitrogen and oxygen atoms in total. The van der Waals surface area contributed by atoms with Gasteiger partial charge in [0, 0.05) is 16.6 Å². The molecule has 0 saturated carbocycles. The Balaban J connectivity index is 1.46. The Labute approximate surface area is 227 Å². The number of amides is 2. The molecule has 4 aromatic rings. The standard InChI is InChI=1S/C31H33N3O3S/c1-3-36-22-17-15-21(16-18-22)29-26-12-9-19-33(26)30-24(23-10-5-8-14-28(23)38-30)20-34(29)31(35)32-25-11-6-7-13-27(25)37-4-2/h6-7,9,11-13,15-19,29H,3-5,8,10,14,20H2,1-2H3,(H,32,35)/t29-/m1/s1. The lowest BCUT2D eigenvalue weighted by molar-refractivity contribution is 0.194. The lowest BCUT2D eigenvalue weighted by Gasteiger charge is -2.31. The second-order valence-electron chi connectivity index (χ2n) is 9.69. The summed E-state index contributed by atoms with van der Waals surface area (Å²) in [5.74, 6) is 1.50. The Hall–Kier alpha value is -3.71. The van der Waals surface area contributed by atoms with Crippen LogP contribution in [-0.4, -0.2) is 28.7 Å². The number of anilines is 1. The Morgan fingerprint density at radius 1 is 0.947 bits per heavy atom. The molecule has 38 heavy (non-hydrogen) atoms. The Bertz CT molecular complexity index is 1440. The smallest absolute Gasteiger partial charge is 0.323 e. The number of hydrogen-bond acceptors (Lipinski definition) is 4. The molecule has 3 heterocycles. The number of nitrogens with one attached hydrogen (secondary N) is 1. The number of nitrogens with zero attached hydrogens (tertiary/aromatic N) is 2. The minimum atomic E-state index is -0.265. The summed E-state index contributed by atoms with van der Waals surface area (Å²) in [6.45, 7) is 5.62. The molecule has 6 rings (SSSR count). The van der Waals surface area contributed by atoms with Gasteiger partial charge in [0.15, 0.2) is 0 Å². The number of para-hydroxylation sites is 2. The SMILES string of the molecule is CCOc1ccc([C@@H]2c3cccn3-c3sc4c(c3CN2C(=O)Nc2ccccc2OCC)CCCC4)cc1. The van der Waals surface area contributed by atoms with Crippen LogP contribution < -0.4 is 14.8 Å². The maximum Gasteiger partial charge on any atom is 0.323 e. The van der Waals surface area contributed by atoms with E-state index in [0.29, 0.717) is 31.2 Å². The Morgan fingerprint density at radius 2 is 1.74 bits per heavy atom. The average Bonchev–Trinajstić information content (AvgIpc) is 3.53. The van der Waals surface area contributed by atoms with Crippen molar-refractivity contribution in [1.82, 2.24) is 9.47 Å². The van der Waals surface area contributed by atoms with E-state index in [1.807, 2.05) is 66.5 Å². The van der Waals surface area contributed by atoms with Gasteiger partial charge in [-0.05, 0) is 87.1 Å². The van der Waals surface area contributed by atoms with Gasteiger partial charge in [0.1, 0.15) is 16.5 Å². The lowest BCUT2D eigenvalue weighted by Crippen LogP contribution is -2.38. The quantitative estimate of drug-likeness (QED) is 0.285. The highest BCUT2D eigenvalue weighted by Crippen LogP contribution is 2.44. The molecule has 0 spiro atoms. The third kappa shape index (κ3) is 4.45. The van der Waals surface area contributed by atoms with E-state index in [2.05, 4.69) is 40.3 Å². The molecule has 1 N–H and O–H groups in total. The van der Waals surface area contributed by atoms with Crippen LogP contribution in [0.5, 0.6) is 11.5 Å². The summed E-state index contributed by atoms with van der Waals surface area (Å²) >= 11 is 1.90. The van der Waals surface area contributed by atoms with E-state index in [1.165, 1.54) is 33.8 Å². The minimum Gasteiger partial charge on any atom is -0.494 e. The highest BCUT2D eigenvalue weighted by atomic mass is 32.1. The fraction of sp³-hybridized carbons (Fsp3) is 0.323. The number of carbonyl (C=O) groups excluding carboxylic acids is 1. The van der Waals surface area contributed by atoms with Crippen LogP contribution in [0.25, 0.3) is 5.00 Å². The van der Waals surface area contributed by atoms with Gasteiger partial charge >= 0.3 is 6.03 Å². The minimum absolute atomic E-state index is 0.146. The molecule has 2 aromatic heterocycles. The number of benzene rings is 2. The molecule has 0 saturated heterocycles. The Morgan fingerprint density at radius 3 is 2.55 bits per heavy atom. The normalized spacial score (nSPS) is 16.2. The van der Waals surface area contributed by atoms with E-state index in [9.17, 15) is 4.79 Å². The number of fused-ring (bicyclic) bond motifs is 5. The highest BCUT2D eigenvalue weighted by Gasteiger charge is 2.36. The summed E-state index contributed by atoms with van der Waals surface area (Å²) in [7, 11) is 0. The molecule has 2 aliphatic rings. The lowest BCUT2D eigenvalue weighted by atomic mass is 9.95. The zero-order valence-electron chi connectivity index (χ0n) is 21.9. The highest BCUT2D eigenvalue weighted by molar-refractivity contribution is 7.15. The van der Waals surface area contributed by atoms with Crippen molar-refractivity contribution < 1.29 is 14.3 Å². The number of hydrogen-bond donors (Lipinski definition) is 1. The maximum absolute atomic E-state index is 14.2. The van der Waals surface area contributed by atoms with Gasteiger partial charge in [0.25, 0.3) is 0 Å². The van der Waals surface area contributed by atoms with E-state index in [4.69, 9.17) is 9.47 Å². The van der Waals surface area contributed by atoms with E-state index in [0.717, 1.165) is 29.8 Å². The molecule has 196 valence electrons. The van der Waals surface area contributed by atoms with Crippen molar-refractivity contribution in [2.24, 2.45) is 0 Å². The zero-order valence-corrected chi connectivity index (χ0v) is 22.7. The number of ether oxygens (including phenoxy) is 2. The molecule has 0 fully saturated rings. The largest absolute Gasteiger partial charge is 0.494 e. The van der Waals surface area contributed by atoms with Gasteiger partial charge in [-0.25, -0.2) is 4.79 Å². The third-order valence-corrected chi connectivity index (χ3v) is 8.71. The van der Waals surface area contributed by atoms with Crippen molar-refractivity contribution in [1.29, 1.82) is 0 Å². The van der Waals surface area contributed by atoms with Crippen molar-refractivity contribution >= 4 is 23.1 Å². The summed E-state index contributed by atoms with van der Waals surface area (Å²) in [5, 5.41) is 4.43. The summed E-state index contributed by atoms with van der Waals surface area (Å²) in [6, 6.07) is 19.6. The van der Waals surface area contributed by atoms with Crippen LogP contribution in [0.4, 0.5) is 10.5 Å². The van der Waals surface area contributed by atoms with Crippen molar-refractivity contribution in [2.75, 3.05) is 18.5 Å². The van der Waals surface area contributed by atoms with E-state index in [1.54, 1.807) is 0 Å². The fourth-order valence-corrected chi connectivity index (χ4v) is 7.09. The molecule has 0 radical (unpaired) electrons. The number of urea groups is 1.